The highest BCUT2D eigenvalue weighted by atomic mass is 16.5. The number of ether oxygens (including phenoxy) is 1. The molecular weight excluding hydrogens is 246 g/mol. The Hall–Kier alpha value is -1.88. The van der Waals surface area contributed by atoms with Crippen LogP contribution in [0.5, 0.6) is 0 Å². The van der Waals surface area contributed by atoms with E-state index in [1.54, 1.807) is 12.1 Å². The number of carboxylic acid groups (broad SMARTS) is 1. The van der Waals surface area contributed by atoms with Gasteiger partial charge >= 0.3 is 11.9 Å². The predicted molar refractivity (Wildman–Crippen MR) is 70.7 cm³/mol. The molecule has 0 aliphatic carbocycles. The first-order valence-electron chi connectivity index (χ1n) is 6.18. The molecule has 0 saturated heterocycles. The smallest absolute Gasteiger partial charge is 0.322 e. The fourth-order valence-electron chi connectivity index (χ4n) is 1.84. The van der Waals surface area contributed by atoms with Crippen LogP contribution in [0, 0.1) is 0 Å². The lowest BCUT2D eigenvalue weighted by Gasteiger charge is -2.15. The Morgan fingerprint density at radius 2 is 1.95 bits per heavy atom. The molecule has 2 N–H and O–H groups in total. The molecule has 1 aromatic rings. The van der Waals surface area contributed by atoms with Gasteiger partial charge in [-0.3, -0.25) is 9.59 Å². The fourth-order valence-corrected chi connectivity index (χ4v) is 1.84. The number of benzene rings is 1. The number of methoxy groups -OCH3 is 1. The summed E-state index contributed by atoms with van der Waals surface area (Å²) in [6.45, 7) is 2.33. The third-order valence-corrected chi connectivity index (χ3v) is 2.89. The molecule has 1 unspecified atom stereocenters. The standard InChI is InChI=1S/C14H19NO4/c1-3-12(14(18)19-2)15-9-11-7-5-4-6-10(11)8-13(16)17/h4-7,12,15H,3,8-9H2,1-2H3,(H,16,17). The molecule has 5 heteroatoms. The van der Waals surface area contributed by atoms with Crippen molar-refractivity contribution in [2.45, 2.75) is 32.4 Å². The van der Waals surface area contributed by atoms with Gasteiger partial charge in [0, 0.05) is 6.54 Å². The molecule has 19 heavy (non-hydrogen) atoms. The van der Waals surface area contributed by atoms with Gasteiger partial charge in [0.2, 0.25) is 0 Å². The molecule has 1 rings (SSSR count). The van der Waals surface area contributed by atoms with Gasteiger partial charge in [0.1, 0.15) is 6.04 Å². The van der Waals surface area contributed by atoms with Crippen molar-refractivity contribution in [2.75, 3.05) is 7.11 Å². The topological polar surface area (TPSA) is 75.6 Å². The van der Waals surface area contributed by atoms with E-state index in [2.05, 4.69) is 5.32 Å². The van der Waals surface area contributed by atoms with Gasteiger partial charge in [0.15, 0.2) is 0 Å². The predicted octanol–water partition coefficient (Wildman–Crippen LogP) is 1.35. The summed E-state index contributed by atoms with van der Waals surface area (Å²) in [4.78, 5) is 22.2. The zero-order valence-corrected chi connectivity index (χ0v) is 11.2. The molecule has 0 saturated carbocycles. The maximum Gasteiger partial charge on any atom is 0.322 e. The lowest BCUT2D eigenvalue weighted by atomic mass is 10.0. The molecule has 104 valence electrons. The van der Waals surface area contributed by atoms with Gasteiger partial charge in [-0.2, -0.15) is 0 Å². The van der Waals surface area contributed by atoms with Crippen molar-refractivity contribution < 1.29 is 19.4 Å². The highest BCUT2D eigenvalue weighted by Crippen LogP contribution is 2.10. The molecule has 0 amide bonds. The lowest BCUT2D eigenvalue weighted by molar-refractivity contribution is -0.143. The van der Waals surface area contributed by atoms with Crippen LogP contribution in [0.3, 0.4) is 0 Å². The van der Waals surface area contributed by atoms with Crippen LogP contribution in [-0.4, -0.2) is 30.2 Å². The number of hydrogen-bond acceptors (Lipinski definition) is 4. The second-order valence-electron chi connectivity index (χ2n) is 4.20. The van der Waals surface area contributed by atoms with Crippen LogP contribution in [0.4, 0.5) is 0 Å². The first-order valence-corrected chi connectivity index (χ1v) is 6.18. The molecular formula is C14H19NO4. The Bertz CT molecular complexity index is 445. The molecule has 0 bridgehead atoms. The van der Waals surface area contributed by atoms with Crippen molar-refractivity contribution >= 4 is 11.9 Å². The molecule has 0 spiro atoms. The second kappa shape index (κ2) is 7.53. The van der Waals surface area contributed by atoms with Crippen LogP contribution in [0.2, 0.25) is 0 Å². The first-order chi connectivity index (χ1) is 9.08. The first kappa shape index (κ1) is 15.2. The number of carboxylic acids is 1. The average molecular weight is 265 g/mol. The number of rotatable bonds is 7. The number of esters is 1. The zero-order chi connectivity index (χ0) is 14.3. The number of carbonyl (C=O) groups excluding carboxylic acids is 1. The number of carbonyl (C=O) groups is 2. The minimum absolute atomic E-state index is 0.0210. The monoisotopic (exact) mass is 265 g/mol. The Balaban J connectivity index is 2.71. The van der Waals surface area contributed by atoms with Crippen molar-refractivity contribution in [3.63, 3.8) is 0 Å². The van der Waals surface area contributed by atoms with Gasteiger partial charge in [0.25, 0.3) is 0 Å². The minimum atomic E-state index is -0.868. The van der Waals surface area contributed by atoms with Crippen molar-refractivity contribution in [1.29, 1.82) is 0 Å². The molecule has 0 aliphatic heterocycles. The third kappa shape index (κ3) is 4.71. The Kier molecular flexibility index (Phi) is 6.02. The highest BCUT2D eigenvalue weighted by Gasteiger charge is 2.16. The Labute approximate surface area is 112 Å². The van der Waals surface area contributed by atoms with Crippen LogP contribution >= 0.6 is 0 Å². The van der Waals surface area contributed by atoms with Gasteiger partial charge < -0.3 is 15.2 Å². The SMILES string of the molecule is CCC(NCc1ccccc1CC(=O)O)C(=O)OC. The van der Waals surface area contributed by atoms with E-state index in [-0.39, 0.29) is 18.4 Å². The maximum atomic E-state index is 11.4. The van der Waals surface area contributed by atoms with E-state index in [9.17, 15) is 9.59 Å². The molecule has 5 nitrogen and oxygen atoms in total. The van der Waals surface area contributed by atoms with E-state index in [4.69, 9.17) is 9.84 Å². The van der Waals surface area contributed by atoms with Crippen molar-refractivity contribution in [2.24, 2.45) is 0 Å². The lowest BCUT2D eigenvalue weighted by Crippen LogP contribution is -2.36. The van der Waals surface area contributed by atoms with Gasteiger partial charge in [0.05, 0.1) is 13.5 Å². The molecule has 0 radical (unpaired) electrons. The molecule has 0 aliphatic rings. The Morgan fingerprint density at radius 1 is 1.32 bits per heavy atom. The van der Waals surface area contributed by atoms with Crippen LogP contribution in [0.15, 0.2) is 24.3 Å². The number of nitrogens with one attached hydrogen (secondary N) is 1. The summed E-state index contributed by atoms with van der Waals surface area (Å²) in [5.41, 5.74) is 1.63. The van der Waals surface area contributed by atoms with Crippen molar-refractivity contribution in [3.05, 3.63) is 35.4 Å². The van der Waals surface area contributed by atoms with Crippen molar-refractivity contribution in [1.82, 2.24) is 5.32 Å². The minimum Gasteiger partial charge on any atom is -0.481 e. The van der Waals surface area contributed by atoms with Gasteiger partial charge in [-0.15, -0.1) is 0 Å². The largest absolute Gasteiger partial charge is 0.481 e. The molecule has 1 atom stereocenters. The molecule has 0 fully saturated rings. The van der Waals surface area contributed by atoms with E-state index in [0.717, 1.165) is 11.1 Å². The van der Waals surface area contributed by atoms with Crippen molar-refractivity contribution in [3.8, 4) is 0 Å². The summed E-state index contributed by atoms with van der Waals surface area (Å²) >= 11 is 0. The maximum absolute atomic E-state index is 11.4. The van der Waals surface area contributed by atoms with E-state index < -0.39 is 5.97 Å². The highest BCUT2D eigenvalue weighted by molar-refractivity contribution is 5.75. The van der Waals surface area contributed by atoms with E-state index >= 15 is 0 Å². The quantitative estimate of drug-likeness (QED) is 0.728. The summed E-state index contributed by atoms with van der Waals surface area (Å²) in [5.74, 6) is -1.18. The number of hydrogen-bond donors (Lipinski definition) is 2. The summed E-state index contributed by atoms with van der Waals surface area (Å²) in [7, 11) is 1.35. The van der Waals surface area contributed by atoms with E-state index in [1.165, 1.54) is 7.11 Å². The van der Waals surface area contributed by atoms with Gasteiger partial charge in [-0.05, 0) is 17.5 Å². The third-order valence-electron chi connectivity index (χ3n) is 2.89. The summed E-state index contributed by atoms with van der Waals surface area (Å²) in [6.07, 6.45) is 0.598. The Morgan fingerprint density at radius 3 is 2.47 bits per heavy atom. The van der Waals surface area contributed by atoms with Crippen LogP contribution in [0.25, 0.3) is 0 Å². The van der Waals surface area contributed by atoms with Crippen LogP contribution in [0.1, 0.15) is 24.5 Å². The van der Waals surface area contributed by atoms with E-state index in [0.29, 0.717) is 13.0 Å². The number of aliphatic carboxylic acids is 1. The summed E-state index contributed by atoms with van der Waals surface area (Å²) < 4.78 is 4.69. The van der Waals surface area contributed by atoms with E-state index in [1.807, 2.05) is 19.1 Å². The summed E-state index contributed by atoms with van der Waals surface area (Å²) in [5, 5.41) is 11.9. The molecule has 0 aromatic heterocycles. The normalized spacial score (nSPS) is 11.9. The average Bonchev–Trinajstić information content (AvgIpc) is 2.40. The zero-order valence-electron chi connectivity index (χ0n) is 11.2. The van der Waals surface area contributed by atoms with Gasteiger partial charge in [-0.1, -0.05) is 31.2 Å². The van der Waals surface area contributed by atoms with Crippen LogP contribution < -0.4 is 5.32 Å². The summed E-state index contributed by atoms with van der Waals surface area (Å²) in [6, 6.07) is 6.92. The molecule has 1 aromatic carbocycles. The second-order valence-corrected chi connectivity index (χ2v) is 4.20. The van der Waals surface area contributed by atoms with Gasteiger partial charge in [-0.25, -0.2) is 0 Å². The fraction of sp³-hybridized carbons (Fsp3) is 0.429. The molecule has 0 heterocycles. The van der Waals surface area contributed by atoms with Crippen LogP contribution in [-0.2, 0) is 27.3 Å².